The highest BCUT2D eigenvalue weighted by Crippen LogP contribution is 2.11. The minimum absolute atomic E-state index is 0.0440. The maximum absolute atomic E-state index is 11.4. The van der Waals surface area contributed by atoms with E-state index in [-0.39, 0.29) is 30.2 Å². The summed E-state index contributed by atoms with van der Waals surface area (Å²) in [4.78, 5) is 35.3. The lowest BCUT2D eigenvalue weighted by Gasteiger charge is -2.31. The summed E-state index contributed by atoms with van der Waals surface area (Å²) in [6, 6.07) is 0.0440. The maximum atomic E-state index is 11.4. The number of hydrogen-bond acceptors (Lipinski definition) is 4. The van der Waals surface area contributed by atoms with Crippen molar-refractivity contribution in [1.82, 2.24) is 10.2 Å². The van der Waals surface area contributed by atoms with E-state index in [9.17, 15) is 14.4 Å². The van der Waals surface area contributed by atoms with E-state index >= 15 is 0 Å². The van der Waals surface area contributed by atoms with Crippen LogP contribution < -0.4 is 5.32 Å². The topological polar surface area (TPSA) is 75.7 Å². The van der Waals surface area contributed by atoms with E-state index in [1.807, 2.05) is 0 Å². The first-order valence-corrected chi connectivity index (χ1v) is 6.23. The van der Waals surface area contributed by atoms with Crippen LogP contribution in [0.5, 0.6) is 0 Å². The monoisotopic (exact) mass is 256 g/mol. The fourth-order valence-electron chi connectivity index (χ4n) is 1.93. The highest BCUT2D eigenvalue weighted by Gasteiger charge is 2.24. The summed E-state index contributed by atoms with van der Waals surface area (Å²) < 4.78 is 4.91. The first-order chi connectivity index (χ1) is 8.52. The second kappa shape index (κ2) is 6.98. The standard InChI is InChI=1S/C12H20N2O4/c1-3-18-12(17)14-6-4-10(5-7-14)13-11(16)8-9(2)15/h10H,3-8H2,1-2H3,(H,13,16). The van der Waals surface area contributed by atoms with Gasteiger partial charge in [0, 0.05) is 19.1 Å². The van der Waals surface area contributed by atoms with Crippen LogP contribution in [-0.4, -0.2) is 48.4 Å². The van der Waals surface area contributed by atoms with Crippen LogP contribution in [-0.2, 0) is 14.3 Å². The van der Waals surface area contributed by atoms with E-state index in [0.717, 1.165) is 0 Å². The summed E-state index contributed by atoms with van der Waals surface area (Å²) in [5.41, 5.74) is 0. The first-order valence-electron chi connectivity index (χ1n) is 6.23. The van der Waals surface area contributed by atoms with E-state index in [4.69, 9.17) is 4.74 Å². The molecule has 0 radical (unpaired) electrons. The number of nitrogens with one attached hydrogen (secondary N) is 1. The predicted octanol–water partition coefficient (Wildman–Crippen LogP) is 0.703. The molecule has 6 nitrogen and oxygen atoms in total. The van der Waals surface area contributed by atoms with Crippen LogP contribution in [0.1, 0.15) is 33.1 Å². The molecule has 1 N–H and O–H groups in total. The molecule has 6 heteroatoms. The van der Waals surface area contributed by atoms with Crippen LogP contribution in [0.15, 0.2) is 0 Å². The lowest BCUT2D eigenvalue weighted by Crippen LogP contribution is -2.46. The van der Waals surface area contributed by atoms with E-state index < -0.39 is 0 Å². The lowest BCUT2D eigenvalue weighted by atomic mass is 10.1. The van der Waals surface area contributed by atoms with Crippen molar-refractivity contribution in [1.29, 1.82) is 0 Å². The van der Waals surface area contributed by atoms with Gasteiger partial charge in [-0.2, -0.15) is 0 Å². The summed E-state index contributed by atoms with van der Waals surface area (Å²) in [5.74, 6) is -0.381. The Morgan fingerprint density at radius 2 is 1.89 bits per heavy atom. The molecule has 1 saturated heterocycles. The van der Waals surface area contributed by atoms with Gasteiger partial charge in [0.15, 0.2) is 0 Å². The van der Waals surface area contributed by atoms with Gasteiger partial charge in [0.2, 0.25) is 5.91 Å². The van der Waals surface area contributed by atoms with Crippen LogP contribution in [0.25, 0.3) is 0 Å². The summed E-state index contributed by atoms with van der Waals surface area (Å²) in [6.45, 7) is 4.68. The zero-order chi connectivity index (χ0) is 13.5. The van der Waals surface area contributed by atoms with Crippen LogP contribution >= 0.6 is 0 Å². The highest BCUT2D eigenvalue weighted by molar-refractivity contribution is 5.96. The Balaban J connectivity index is 2.29. The number of carbonyl (C=O) groups is 3. The predicted molar refractivity (Wildman–Crippen MR) is 65.1 cm³/mol. The van der Waals surface area contributed by atoms with E-state index in [2.05, 4.69) is 5.32 Å². The van der Waals surface area contributed by atoms with Crippen LogP contribution in [0.3, 0.4) is 0 Å². The van der Waals surface area contributed by atoms with E-state index in [0.29, 0.717) is 32.5 Å². The van der Waals surface area contributed by atoms with Crippen molar-refractivity contribution in [2.75, 3.05) is 19.7 Å². The molecular formula is C12H20N2O4. The van der Waals surface area contributed by atoms with Gasteiger partial charge in [0.1, 0.15) is 5.78 Å². The van der Waals surface area contributed by atoms with Gasteiger partial charge in [-0.15, -0.1) is 0 Å². The Kier molecular flexibility index (Phi) is 5.61. The molecule has 0 aromatic carbocycles. The molecule has 0 aliphatic carbocycles. The van der Waals surface area contributed by atoms with Gasteiger partial charge < -0.3 is 15.0 Å². The molecule has 0 atom stereocenters. The third-order valence-corrected chi connectivity index (χ3v) is 2.80. The Morgan fingerprint density at radius 1 is 1.28 bits per heavy atom. The van der Waals surface area contributed by atoms with Crippen molar-refractivity contribution in [2.45, 2.75) is 39.2 Å². The number of piperidine rings is 1. The first kappa shape index (κ1) is 14.5. The van der Waals surface area contributed by atoms with E-state index in [1.54, 1.807) is 11.8 Å². The number of rotatable bonds is 4. The normalized spacial score (nSPS) is 16.2. The summed E-state index contributed by atoms with van der Waals surface area (Å²) >= 11 is 0. The zero-order valence-electron chi connectivity index (χ0n) is 10.9. The maximum Gasteiger partial charge on any atom is 0.409 e. The zero-order valence-corrected chi connectivity index (χ0v) is 10.9. The van der Waals surface area contributed by atoms with Crippen LogP contribution in [0.2, 0.25) is 0 Å². The average molecular weight is 256 g/mol. The largest absolute Gasteiger partial charge is 0.450 e. The Hall–Kier alpha value is -1.59. The number of ketones is 1. The lowest BCUT2D eigenvalue weighted by molar-refractivity contribution is -0.127. The summed E-state index contributed by atoms with van der Waals surface area (Å²) in [5, 5.41) is 2.80. The van der Waals surface area contributed by atoms with Crippen molar-refractivity contribution < 1.29 is 19.1 Å². The van der Waals surface area contributed by atoms with Gasteiger partial charge in [-0.05, 0) is 26.7 Å². The minimum Gasteiger partial charge on any atom is -0.450 e. The van der Waals surface area contributed by atoms with Gasteiger partial charge >= 0.3 is 6.09 Å². The molecule has 102 valence electrons. The smallest absolute Gasteiger partial charge is 0.409 e. The fourth-order valence-corrected chi connectivity index (χ4v) is 1.93. The molecule has 0 aromatic rings. The molecule has 1 aliphatic rings. The van der Waals surface area contributed by atoms with Gasteiger partial charge in [-0.3, -0.25) is 9.59 Å². The van der Waals surface area contributed by atoms with Gasteiger partial charge in [-0.25, -0.2) is 4.79 Å². The molecule has 1 heterocycles. The molecule has 2 amide bonds. The second-order valence-corrected chi connectivity index (χ2v) is 4.41. The Bertz CT molecular complexity index is 322. The number of Topliss-reactive ketones (excluding diaryl/α,β-unsaturated/α-hetero) is 1. The van der Waals surface area contributed by atoms with Crippen molar-refractivity contribution in [3.8, 4) is 0 Å². The summed E-state index contributed by atoms with van der Waals surface area (Å²) in [7, 11) is 0. The number of hydrogen-bond donors (Lipinski definition) is 1. The molecule has 0 spiro atoms. The van der Waals surface area contributed by atoms with Crippen molar-refractivity contribution in [3.05, 3.63) is 0 Å². The van der Waals surface area contributed by atoms with E-state index in [1.165, 1.54) is 6.92 Å². The average Bonchev–Trinajstić information content (AvgIpc) is 2.29. The number of ether oxygens (including phenoxy) is 1. The number of likely N-dealkylation sites (tertiary alicyclic amines) is 1. The second-order valence-electron chi connectivity index (χ2n) is 4.41. The van der Waals surface area contributed by atoms with Crippen LogP contribution in [0, 0.1) is 0 Å². The number of nitrogens with zero attached hydrogens (tertiary/aromatic N) is 1. The van der Waals surface area contributed by atoms with Gasteiger partial charge in [0.25, 0.3) is 0 Å². The SMILES string of the molecule is CCOC(=O)N1CCC(NC(=O)CC(C)=O)CC1. The molecule has 18 heavy (non-hydrogen) atoms. The Labute approximate surface area is 107 Å². The third-order valence-electron chi connectivity index (χ3n) is 2.80. The molecule has 1 rings (SSSR count). The molecular weight excluding hydrogens is 236 g/mol. The Morgan fingerprint density at radius 3 is 2.39 bits per heavy atom. The van der Waals surface area contributed by atoms with Crippen molar-refractivity contribution >= 4 is 17.8 Å². The molecule has 1 aliphatic heterocycles. The number of amides is 2. The highest BCUT2D eigenvalue weighted by atomic mass is 16.6. The summed E-state index contributed by atoms with van der Waals surface area (Å²) in [6.07, 6.45) is 1.02. The fraction of sp³-hybridized carbons (Fsp3) is 0.750. The molecule has 1 fully saturated rings. The van der Waals surface area contributed by atoms with Crippen molar-refractivity contribution in [3.63, 3.8) is 0 Å². The number of carbonyl (C=O) groups excluding carboxylic acids is 3. The van der Waals surface area contributed by atoms with Gasteiger partial charge in [0.05, 0.1) is 13.0 Å². The molecule has 0 unspecified atom stereocenters. The quantitative estimate of drug-likeness (QED) is 0.751. The van der Waals surface area contributed by atoms with Crippen LogP contribution in [0.4, 0.5) is 4.79 Å². The molecule has 0 saturated carbocycles. The van der Waals surface area contributed by atoms with Gasteiger partial charge in [-0.1, -0.05) is 0 Å². The molecule has 0 bridgehead atoms. The van der Waals surface area contributed by atoms with Crippen molar-refractivity contribution in [2.24, 2.45) is 0 Å². The minimum atomic E-state index is -0.300. The molecule has 0 aromatic heterocycles. The third kappa shape index (κ3) is 4.73.